The molecule has 49 heavy (non-hydrogen) atoms. The van der Waals surface area contributed by atoms with E-state index in [1.165, 1.54) is 50.4 Å². The summed E-state index contributed by atoms with van der Waals surface area (Å²) in [5.74, 6) is 1.24. The van der Waals surface area contributed by atoms with E-state index >= 15 is 0 Å². The average Bonchev–Trinajstić information content (AvgIpc) is 3.37. The lowest BCUT2D eigenvalue weighted by atomic mass is 9.58. The molecule has 0 amide bonds. The molecule has 6 nitrogen and oxygen atoms in total. The van der Waals surface area contributed by atoms with E-state index in [1.54, 1.807) is 14.2 Å². The summed E-state index contributed by atoms with van der Waals surface area (Å²) < 4.78 is 26.8. The number of fused-ring (bicyclic) bond motifs is 1. The van der Waals surface area contributed by atoms with Crippen LogP contribution in [0.5, 0.6) is 0 Å². The van der Waals surface area contributed by atoms with Crippen LogP contribution in [0.25, 0.3) is 5.57 Å². The van der Waals surface area contributed by atoms with E-state index in [0.717, 1.165) is 5.82 Å². The van der Waals surface area contributed by atoms with Gasteiger partial charge in [0.1, 0.15) is 5.69 Å². The number of ether oxygens (including phenoxy) is 4. The van der Waals surface area contributed by atoms with Gasteiger partial charge in [-0.1, -0.05) is 73.1 Å². The maximum atomic E-state index is 6.88. The van der Waals surface area contributed by atoms with Crippen LogP contribution in [0.15, 0.2) is 17.7 Å². The highest BCUT2D eigenvalue weighted by atomic mass is 16.6. The number of aromatic nitrogens is 2. The first-order chi connectivity index (χ1) is 22.3. The summed E-state index contributed by atoms with van der Waals surface area (Å²) in [6, 6.07) is 4.59. The van der Waals surface area contributed by atoms with E-state index in [1.807, 2.05) is 0 Å². The molecule has 1 aromatic carbocycles. The van der Waals surface area contributed by atoms with Crippen molar-refractivity contribution in [2.24, 2.45) is 28.7 Å². The van der Waals surface area contributed by atoms with Crippen LogP contribution in [0.4, 0.5) is 0 Å². The number of benzene rings is 1. The first kappa shape index (κ1) is 39.7. The summed E-state index contributed by atoms with van der Waals surface area (Å²) in [7, 11) is 5.62. The number of allylic oxidation sites excluding steroid dienone is 1. The van der Waals surface area contributed by atoms with Crippen molar-refractivity contribution < 1.29 is 23.5 Å². The molecule has 3 aliphatic rings. The highest BCUT2D eigenvalue weighted by molar-refractivity contribution is 5.76. The van der Waals surface area contributed by atoms with Gasteiger partial charge in [0.25, 0.3) is 5.82 Å². The maximum Gasteiger partial charge on any atom is 0.295 e. The van der Waals surface area contributed by atoms with Crippen molar-refractivity contribution >= 4 is 5.57 Å². The van der Waals surface area contributed by atoms with Gasteiger partial charge < -0.3 is 18.9 Å². The lowest BCUT2D eigenvalue weighted by molar-refractivity contribution is -0.687. The van der Waals surface area contributed by atoms with E-state index in [9.17, 15) is 0 Å². The number of hydrogen-bond acceptors (Lipinski definition) is 5. The van der Waals surface area contributed by atoms with Crippen molar-refractivity contribution in [3.8, 4) is 0 Å². The van der Waals surface area contributed by atoms with Gasteiger partial charge in [-0.3, -0.25) is 0 Å². The molecule has 2 aliphatic heterocycles. The fourth-order valence-corrected chi connectivity index (χ4v) is 8.95. The summed E-state index contributed by atoms with van der Waals surface area (Å²) in [4.78, 5) is 5.06. The Balaban J connectivity index is 0.000000226. The predicted molar refractivity (Wildman–Crippen MR) is 201 cm³/mol. The molecule has 0 bridgehead atoms. The molecule has 5 unspecified atom stereocenters. The molecule has 1 aromatic heterocycles. The monoisotopic (exact) mass is 678 g/mol. The van der Waals surface area contributed by atoms with Crippen molar-refractivity contribution in [3.05, 3.63) is 62.7 Å². The minimum Gasteiger partial charge on any atom is -0.382 e. The molecular formula is C43H69N2O4+. The summed E-state index contributed by atoms with van der Waals surface area (Å²) in [6.45, 7) is 39.5. The van der Waals surface area contributed by atoms with Crippen molar-refractivity contribution in [2.75, 3.05) is 27.4 Å². The zero-order chi connectivity index (χ0) is 37.4. The van der Waals surface area contributed by atoms with Crippen LogP contribution < -0.4 is 4.57 Å². The largest absolute Gasteiger partial charge is 0.382 e. The Kier molecular flexibility index (Phi) is 10.4. The topological polar surface area (TPSA) is 53.7 Å². The first-order valence-corrected chi connectivity index (χ1v) is 18.3. The maximum absolute atomic E-state index is 6.88. The van der Waals surface area contributed by atoms with Crippen molar-refractivity contribution in [3.63, 3.8) is 0 Å². The van der Waals surface area contributed by atoms with Crippen molar-refractivity contribution in [2.45, 2.75) is 147 Å². The van der Waals surface area contributed by atoms with Crippen LogP contribution in [-0.2, 0) is 26.0 Å². The third-order valence-corrected chi connectivity index (χ3v) is 14.9. The molecule has 5 rings (SSSR count). The number of rotatable bonds is 6. The average molecular weight is 678 g/mol. The SMILES string of the molecule is COCC1(C)OC(C2C(C)=C(C)c3c2nc(C)[n+](C)c3C)C(C)(C)C1(C)C.COCC1(C)OC(c2cc(C)c(C)cc2C)C(C)(C)C1(C)C. The molecular weight excluding hydrogens is 608 g/mol. The molecule has 2 aromatic rings. The van der Waals surface area contributed by atoms with Crippen molar-refractivity contribution in [1.82, 2.24) is 4.98 Å². The number of aryl methyl sites for hydroxylation is 4. The van der Waals surface area contributed by atoms with Crippen LogP contribution >= 0.6 is 0 Å². The van der Waals surface area contributed by atoms with Crippen LogP contribution in [0, 0.1) is 56.3 Å². The van der Waals surface area contributed by atoms with Crippen molar-refractivity contribution in [1.29, 1.82) is 0 Å². The second-order valence-electron chi connectivity index (χ2n) is 18.2. The Morgan fingerprint density at radius 3 is 1.71 bits per heavy atom. The molecule has 6 heteroatoms. The van der Waals surface area contributed by atoms with Gasteiger partial charge in [-0.05, 0) is 93.6 Å². The Labute approximate surface area is 299 Å². The van der Waals surface area contributed by atoms with Gasteiger partial charge in [0.05, 0.1) is 55.2 Å². The van der Waals surface area contributed by atoms with Crippen LogP contribution in [-0.4, -0.2) is 49.7 Å². The lowest BCUT2D eigenvalue weighted by Crippen LogP contribution is -2.48. The smallest absolute Gasteiger partial charge is 0.295 e. The third kappa shape index (κ3) is 5.76. The van der Waals surface area contributed by atoms with Gasteiger partial charge in [0.15, 0.2) is 5.69 Å². The third-order valence-electron chi connectivity index (χ3n) is 14.9. The summed E-state index contributed by atoms with van der Waals surface area (Å²) in [5.41, 5.74) is 11.2. The number of methoxy groups -OCH3 is 2. The molecule has 3 heterocycles. The quantitative estimate of drug-likeness (QED) is 0.285. The summed E-state index contributed by atoms with van der Waals surface area (Å²) in [5, 5.41) is 0. The van der Waals surface area contributed by atoms with Gasteiger partial charge in [-0.25, -0.2) is 4.57 Å². The Morgan fingerprint density at radius 2 is 1.18 bits per heavy atom. The molecule has 0 saturated carbocycles. The molecule has 274 valence electrons. The Bertz CT molecular complexity index is 1630. The van der Waals surface area contributed by atoms with Gasteiger partial charge in [-0.2, -0.15) is 0 Å². The number of hydrogen-bond donors (Lipinski definition) is 0. The van der Waals surface area contributed by atoms with Crippen LogP contribution in [0.3, 0.4) is 0 Å². The zero-order valence-corrected chi connectivity index (χ0v) is 34.8. The van der Waals surface area contributed by atoms with Crippen LogP contribution in [0.1, 0.15) is 140 Å². The fourth-order valence-electron chi connectivity index (χ4n) is 8.95. The minimum absolute atomic E-state index is 0.00586. The normalized spacial score (nSPS) is 30.7. The molecule has 0 N–H and O–H groups in total. The standard InChI is InChI=1S/C23H37N2O2.C20H32O2/c1-13-14(2)18(19-17(13)15(3)25(10)16(4)24-19)20-21(5,6)22(7,8)23(9,27-20)12-26-11;1-13-10-15(3)16(11-14(13)2)17-18(4,5)19(6,7)20(8,22-17)12-21-9/h18,20H,12H2,1-11H3;10-11,17H,12H2,1-9H3/q+1;. The summed E-state index contributed by atoms with van der Waals surface area (Å²) >= 11 is 0. The lowest BCUT2D eigenvalue weighted by Gasteiger charge is -2.44. The summed E-state index contributed by atoms with van der Waals surface area (Å²) in [6.07, 6.45) is 0.143. The van der Waals surface area contributed by atoms with E-state index in [0.29, 0.717) is 13.2 Å². The highest BCUT2D eigenvalue weighted by Gasteiger charge is 2.66. The molecule has 1 aliphatic carbocycles. The second kappa shape index (κ2) is 12.8. The number of nitrogens with zero attached hydrogens (tertiary/aromatic N) is 2. The van der Waals surface area contributed by atoms with Gasteiger partial charge in [0.2, 0.25) is 0 Å². The molecule has 2 saturated heterocycles. The van der Waals surface area contributed by atoms with E-state index in [2.05, 4.69) is 141 Å². The second-order valence-corrected chi connectivity index (χ2v) is 18.2. The Morgan fingerprint density at radius 1 is 0.694 bits per heavy atom. The van der Waals surface area contributed by atoms with Crippen LogP contribution in [0.2, 0.25) is 0 Å². The van der Waals surface area contributed by atoms with Gasteiger partial charge in [-0.15, -0.1) is 0 Å². The molecule has 0 radical (unpaired) electrons. The highest BCUT2D eigenvalue weighted by Crippen LogP contribution is 2.64. The minimum atomic E-state index is -0.337. The Hall–Kier alpha value is -2.12. The first-order valence-electron chi connectivity index (χ1n) is 18.3. The molecule has 5 atom stereocenters. The van der Waals surface area contributed by atoms with E-state index in [4.69, 9.17) is 23.9 Å². The molecule has 2 fully saturated rings. The molecule has 0 spiro atoms. The fraction of sp³-hybridized carbons (Fsp3) is 0.721. The van der Waals surface area contributed by atoms with Gasteiger partial charge >= 0.3 is 0 Å². The van der Waals surface area contributed by atoms with E-state index < -0.39 is 0 Å². The predicted octanol–water partition coefficient (Wildman–Crippen LogP) is 9.41. The van der Waals surface area contributed by atoms with E-state index in [-0.39, 0.29) is 51.0 Å². The zero-order valence-electron chi connectivity index (χ0n) is 34.8. The van der Waals surface area contributed by atoms with Gasteiger partial charge in [0, 0.05) is 37.4 Å².